The molecule has 2 heterocycles. The van der Waals surface area contributed by atoms with Crippen LogP contribution in [-0.4, -0.2) is 22.7 Å². The van der Waals surface area contributed by atoms with Crippen molar-refractivity contribution in [2.45, 2.75) is 32.2 Å². The lowest BCUT2D eigenvalue weighted by atomic mass is 9.79. The molecule has 1 aliphatic heterocycles. The predicted molar refractivity (Wildman–Crippen MR) is 127 cm³/mol. The number of carbonyl (C=O) groups is 2. The van der Waals surface area contributed by atoms with Crippen molar-refractivity contribution in [1.29, 1.82) is 0 Å². The van der Waals surface area contributed by atoms with E-state index in [1.54, 1.807) is 13.8 Å². The Morgan fingerprint density at radius 3 is 2.26 bits per heavy atom. The zero-order chi connectivity index (χ0) is 23.7. The smallest absolute Gasteiger partial charge is 0.324 e. The third kappa shape index (κ3) is 4.15. The zero-order valence-electron chi connectivity index (χ0n) is 19.0. The number of para-hydroxylation sites is 2. The van der Waals surface area contributed by atoms with Crippen molar-refractivity contribution in [1.82, 2.24) is 4.98 Å². The number of nitrogens with one attached hydrogen (secondary N) is 1. The lowest BCUT2D eigenvalue weighted by molar-refractivity contribution is -0.240. The Morgan fingerprint density at radius 2 is 1.50 bits per heavy atom. The van der Waals surface area contributed by atoms with Crippen LogP contribution < -0.4 is 4.74 Å². The molecule has 1 saturated heterocycles. The van der Waals surface area contributed by atoms with Crippen LogP contribution in [0.2, 0.25) is 0 Å². The van der Waals surface area contributed by atoms with E-state index in [2.05, 4.69) is 4.98 Å². The first-order valence-electron chi connectivity index (χ1n) is 11.2. The quantitative estimate of drug-likeness (QED) is 0.314. The van der Waals surface area contributed by atoms with Crippen molar-refractivity contribution in [2.24, 2.45) is 5.92 Å². The van der Waals surface area contributed by atoms with Gasteiger partial charge in [-0.25, -0.2) is 0 Å². The Morgan fingerprint density at radius 1 is 0.853 bits per heavy atom. The molecule has 0 amide bonds. The molecule has 3 aromatic carbocycles. The first-order valence-corrected chi connectivity index (χ1v) is 11.2. The summed E-state index contributed by atoms with van der Waals surface area (Å²) < 4.78 is 17.2. The lowest BCUT2D eigenvalue weighted by Gasteiger charge is -2.36. The molecule has 6 heteroatoms. The number of hydrogen-bond donors (Lipinski definition) is 1. The fourth-order valence-corrected chi connectivity index (χ4v) is 4.48. The molecule has 1 aromatic heterocycles. The van der Waals surface area contributed by atoms with Crippen LogP contribution in [0.3, 0.4) is 0 Å². The molecule has 5 rings (SSSR count). The van der Waals surface area contributed by atoms with E-state index in [1.807, 2.05) is 85.1 Å². The van der Waals surface area contributed by atoms with E-state index in [-0.39, 0.29) is 0 Å². The number of fused-ring (bicyclic) bond motifs is 1. The minimum atomic E-state index is -1.31. The highest BCUT2D eigenvalue weighted by molar-refractivity contribution is 5.99. The average Bonchev–Trinajstić information content (AvgIpc) is 3.24. The van der Waals surface area contributed by atoms with Gasteiger partial charge in [0.05, 0.1) is 0 Å². The maximum atomic E-state index is 13.2. The summed E-state index contributed by atoms with van der Waals surface area (Å²) in [5, 5.41) is 0.913. The number of ether oxygens (including phenoxy) is 3. The SMILES string of the molecule is CC1(C)OC(=O)C([C@H](c2ccccc2OCc2ccccc2)c2c[nH]c3ccccc23)C(=O)O1. The van der Waals surface area contributed by atoms with Gasteiger partial charge in [0.1, 0.15) is 12.4 Å². The van der Waals surface area contributed by atoms with Crippen molar-refractivity contribution in [2.75, 3.05) is 0 Å². The topological polar surface area (TPSA) is 77.6 Å². The molecule has 6 nitrogen and oxygen atoms in total. The zero-order valence-corrected chi connectivity index (χ0v) is 19.0. The van der Waals surface area contributed by atoms with Gasteiger partial charge in [-0.3, -0.25) is 9.59 Å². The van der Waals surface area contributed by atoms with Crippen LogP contribution >= 0.6 is 0 Å². The standard InChI is InChI=1S/C28H25NO5/c1-28(2)33-26(30)25(27(31)34-28)24(21-16-29-22-14-8-6-12-19(21)22)20-13-7-9-15-23(20)32-17-18-10-4-3-5-11-18/h3-16,24-25,29H,17H2,1-2H3/t24-/m1/s1. The van der Waals surface area contributed by atoms with Gasteiger partial charge in [0.15, 0.2) is 5.92 Å². The third-order valence-corrected chi connectivity index (χ3v) is 5.98. The van der Waals surface area contributed by atoms with Crippen molar-refractivity contribution in [3.05, 3.63) is 102 Å². The number of aromatic nitrogens is 1. The maximum Gasteiger partial charge on any atom is 0.324 e. The van der Waals surface area contributed by atoms with Gasteiger partial charge in [-0.2, -0.15) is 0 Å². The summed E-state index contributed by atoms with van der Waals surface area (Å²) in [5.41, 5.74) is 3.42. The number of hydrogen-bond acceptors (Lipinski definition) is 5. The number of esters is 2. The molecule has 0 bridgehead atoms. The van der Waals surface area contributed by atoms with E-state index in [9.17, 15) is 9.59 Å². The minimum Gasteiger partial charge on any atom is -0.489 e. The highest BCUT2D eigenvalue weighted by atomic mass is 16.7. The van der Waals surface area contributed by atoms with Crippen LogP contribution in [0.5, 0.6) is 5.75 Å². The number of H-pyrrole nitrogens is 1. The molecule has 4 aromatic rings. The summed E-state index contributed by atoms with van der Waals surface area (Å²) >= 11 is 0. The molecule has 1 N–H and O–H groups in total. The minimum absolute atomic E-state index is 0.352. The second-order valence-electron chi connectivity index (χ2n) is 8.80. The van der Waals surface area contributed by atoms with E-state index in [0.717, 1.165) is 22.0 Å². The summed E-state index contributed by atoms with van der Waals surface area (Å²) in [7, 11) is 0. The summed E-state index contributed by atoms with van der Waals surface area (Å²) in [6, 6.07) is 25.1. The molecule has 1 aliphatic rings. The summed E-state index contributed by atoms with van der Waals surface area (Å²) in [6.07, 6.45) is 1.84. The molecule has 172 valence electrons. The van der Waals surface area contributed by atoms with E-state index < -0.39 is 29.6 Å². The van der Waals surface area contributed by atoms with Crippen LogP contribution in [0.4, 0.5) is 0 Å². The van der Waals surface area contributed by atoms with Crippen LogP contribution in [-0.2, 0) is 25.7 Å². The number of carbonyl (C=O) groups excluding carboxylic acids is 2. The summed E-state index contributed by atoms with van der Waals surface area (Å²) in [4.78, 5) is 29.6. The molecule has 0 aliphatic carbocycles. The first kappa shape index (κ1) is 21.8. The van der Waals surface area contributed by atoms with Crippen molar-refractivity contribution < 1.29 is 23.8 Å². The molecule has 0 saturated carbocycles. The Balaban J connectivity index is 1.61. The number of rotatable bonds is 6. The second kappa shape index (κ2) is 8.71. The predicted octanol–water partition coefficient (Wildman–Crippen LogP) is 5.33. The van der Waals surface area contributed by atoms with Gasteiger partial charge in [-0.05, 0) is 23.3 Å². The van der Waals surface area contributed by atoms with Crippen molar-refractivity contribution >= 4 is 22.8 Å². The Labute approximate surface area is 197 Å². The van der Waals surface area contributed by atoms with E-state index in [0.29, 0.717) is 17.9 Å². The second-order valence-corrected chi connectivity index (χ2v) is 8.80. The molecule has 34 heavy (non-hydrogen) atoms. The van der Waals surface area contributed by atoms with Gasteiger partial charge < -0.3 is 19.2 Å². The van der Waals surface area contributed by atoms with Gasteiger partial charge >= 0.3 is 11.9 Å². The first-order chi connectivity index (χ1) is 16.4. The van der Waals surface area contributed by atoms with E-state index >= 15 is 0 Å². The lowest BCUT2D eigenvalue weighted by Crippen LogP contribution is -2.48. The highest BCUT2D eigenvalue weighted by Gasteiger charge is 2.49. The Hall–Kier alpha value is -4.06. The molecule has 0 spiro atoms. The largest absolute Gasteiger partial charge is 0.489 e. The van der Waals surface area contributed by atoms with Gasteiger partial charge in [0.2, 0.25) is 0 Å². The Kier molecular flexibility index (Phi) is 5.57. The Bertz CT molecular complexity index is 1320. The molecule has 1 fully saturated rings. The van der Waals surface area contributed by atoms with E-state index in [4.69, 9.17) is 14.2 Å². The van der Waals surface area contributed by atoms with Crippen LogP contribution in [0, 0.1) is 5.92 Å². The highest BCUT2D eigenvalue weighted by Crippen LogP contribution is 2.43. The monoisotopic (exact) mass is 455 g/mol. The van der Waals surface area contributed by atoms with Gasteiger partial charge in [0.25, 0.3) is 5.79 Å². The fourth-order valence-electron chi connectivity index (χ4n) is 4.48. The summed E-state index contributed by atoms with van der Waals surface area (Å²) in [5.74, 6) is -3.79. The number of benzene rings is 3. The molecular formula is C28H25NO5. The van der Waals surface area contributed by atoms with Gasteiger partial charge in [-0.1, -0.05) is 66.7 Å². The van der Waals surface area contributed by atoms with Crippen LogP contribution in [0.1, 0.15) is 36.5 Å². The third-order valence-electron chi connectivity index (χ3n) is 5.98. The molecule has 0 radical (unpaired) electrons. The normalized spacial score (nSPS) is 16.6. The van der Waals surface area contributed by atoms with Gasteiger partial charge in [0, 0.05) is 42.4 Å². The summed E-state index contributed by atoms with van der Waals surface area (Å²) in [6.45, 7) is 3.46. The molecule has 0 unspecified atom stereocenters. The van der Waals surface area contributed by atoms with Crippen molar-refractivity contribution in [3.63, 3.8) is 0 Å². The maximum absolute atomic E-state index is 13.2. The van der Waals surface area contributed by atoms with Crippen LogP contribution in [0.15, 0.2) is 85.1 Å². The fraction of sp³-hybridized carbons (Fsp3) is 0.214. The average molecular weight is 456 g/mol. The molecular weight excluding hydrogens is 430 g/mol. The van der Waals surface area contributed by atoms with Crippen molar-refractivity contribution in [3.8, 4) is 5.75 Å². The number of cyclic esters (lactones) is 2. The van der Waals surface area contributed by atoms with Crippen LogP contribution in [0.25, 0.3) is 10.9 Å². The van der Waals surface area contributed by atoms with E-state index in [1.165, 1.54) is 0 Å². The number of aromatic amines is 1. The van der Waals surface area contributed by atoms with Gasteiger partial charge in [-0.15, -0.1) is 0 Å². The molecule has 1 atom stereocenters.